The van der Waals surface area contributed by atoms with Crippen molar-refractivity contribution in [3.63, 3.8) is 0 Å². The van der Waals surface area contributed by atoms with Crippen molar-refractivity contribution in [2.24, 2.45) is 5.92 Å². The molecule has 2 N–H and O–H groups in total. The zero-order valence-electron chi connectivity index (χ0n) is 12.5. The van der Waals surface area contributed by atoms with Crippen molar-refractivity contribution in [2.45, 2.75) is 27.2 Å². The second-order valence-corrected chi connectivity index (χ2v) is 6.22. The fourth-order valence-electron chi connectivity index (χ4n) is 1.85. The van der Waals surface area contributed by atoms with Crippen LogP contribution in [0.2, 0.25) is 0 Å². The van der Waals surface area contributed by atoms with E-state index in [0.717, 1.165) is 23.7 Å². The molecule has 0 radical (unpaired) electrons. The van der Waals surface area contributed by atoms with Gasteiger partial charge in [0.05, 0.1) is 0 Å². The molecule has 0 aliphatic rings. The number of benzene rings is 1. The first-order chi connectivity index (χ1) is 10.1. The highest BCUT2D eigenvalue weighted by Gasteiger charge is 2.11. The van der Waals surface area contributed by atoms with Gasteiger partial charge in [-0.1, -0.05) is 25.2 Å². The zero-order valence-corrected chi connectivity index (χ0v) is 13.3. The molecule has 112 valence electrons. The molecule has 0 atom stereocenters. The molecule has 0 saturated heterocycles. The average Bonchev–Trinajstić information content (AvgIpc) is 2.86. The highest BCUT2D eigenvalue weighted by molar-refractivity contribution is 7.15. The van der Waals surface area contributed by atoms with E-state index in [0.29, 0.717) is 16.6 Å². The van der Waals surface area contributed by atoms with Crippen LogP contribution < -0.4 is 10.6 Å². The van der Waals surface area contributed by atoms with Crippen LogP contribution in [0.15, 0.2) is 24.3 Å². The van der Waals surface area contributed by atoms with Crippen molar-refractivity contribution in [3.8, 4) is 0 Å². The molecule has 1 aromatic carbocycles. The third-order valence-electron chi connectivity index (χ3n) is 2.80. The van der Waals surface area contributed by atoms with Crippen molar-refractivity contribution in [3.05, 3.63) is 34.8 Å². The molecular weight excluding hydrogens is 284 g/mol. The highest BCUT2D eigenvalue weighted by atomic mass is 32.1. The summed E-state index contributed by atoms with van der Waals surface area (Å²) in [5.74, 6) is 0.366. The van der Waals surface area contributed by atoms with Crippen LogP contribution >= 0.6 is 11.3 Å². The van der Waals surface area contributed by atoms with Gasteiger partial charge in [-0.05, 0) is 37.1 Å². The molecule has 0 aliphatic heterocycles. The van der Waals surface area contributed by atoms with Crippen molar-refractivity contribution in [1.82, 2.24) is 10.2 Å². The summed E-state index contributed by atoms with van der Waals surface area (Å²) in [6.07, 6.45) is 0.880. The molecule has 0 fully saturated rings. The van der Waals surface area contributed by atoms with Crippen LogP contribution in [0.25, 0.3) is 0 Å². The third kappa shape index (κ3) is 4.53. The standard InChI is InChI=1S/C15H20N4OS/c1-4-16-12-7-5-11(6-8-12)14(20)17-15-19-18-13(21-15)9-10(2)3/h5-8,10,16H,4,9H2,1-3H3,(H,17,19,20). The number of aromatic nitrogens is 2. The molecule has 6 heteroatoms. The van der Waals surface area contributed by atoms with Crippen LogP contribution in [0.4, 0.5) is 10.8 Å². The largest absolute Gasteiger partial charge is 0.385 e. The maximum absolute atomic E-state index is 12.1. The van der Waals surface area contributed by atoms with E-state index in [1.165, 1.54) is 11.3 Å². The topological polar surface area (TPSA) is 66.9 Å². The Labute approximate surface area is 128 Å². The molecule has 2 rings (SSSR count). The van der Waals surface area contributed by atoms with E-state index in [-0.39, 0.29) is 5.91 Å². The lowest BCUT2D eigenvalue weighted by Gasteiger charge is -2.04. The lowest BCUT2D eigenvalue weighted by atomic mass is 10.1. The maximum atomic E-state index is 12.1. The molecular formula is C15H20N4OS. The average molecular weight is 304 g/mol. The molecule has 21 heavy (non-hydrogen) atoms. The van der Waals surface area contributed by atoms with Crippen LogP contribution in [0.5, 0.6) is 0 Å². The Bertz CT molecular complexity index is 592. The van der Waals surface area contributed by atoms with E-state index in [1.54, 1.807) is 12.1 Å². The number of hydrogen-bond donors (Lipinski definition) is 2. The summed E-state index contributed by atoms with van der Waals surface area (Å²) in [5.41, 5.74) is 1.61. The minimum atomic E-state index is -0.162. The monoisotopic (exact) mass is 304 g/mol. The fraction of sp³-hybridized carbons (Fsp3) is 0.400. The number of anilines is 2. The summed E-state index contributed by atoms with van der Waals surface area (Å²) >= 11 is 1.43. The van der Waals surface area contributed by atoms with E-state index in [9.17, 15) is 4.79 Å². The van der Waals surface area contributed by atoms with Gasteiger partial charge in [0.25, 0.3) is 5.91 Å². The van der Waals surface area contributed by atoms with E-state index in [1.807, 2.05) is 19.1 Å². The van der Waals surface area contributed by atoms with Gasteiger partial charge >= 0.3 is 0 Å². The van der Waals surface area contributed by atoms with Crippen LogP contribution in [-0.2, 0) is 6.42 Å². The SMILES string of the molecule is CCNc1ccc(C(=O)Nc2nnc(CC(C)C)s2)cc1. The number of carbonyl (C=O) groups excluding carboxylic acids is 1. The molecule has 0 saturated carbocycles. The molecule has 1 amide bonds. The first-order valence-corrected chi connectivity index (χ1v) is 7.87. The Morgan fingerprint density at radius 2 is 1.95 bits per heavy atom. The van der Waals surface area contributed by atoms with E-state index in [2.05, 4.69) is 34.7 Å². The molecule has 5 nitrogen and oxygen atoms in total. The molecule has 1 aromatic heterocycles. The number of rotatable bonds is 6. The smallest absolute Gasteiger partial charge is 0.257 e. The maximum Gasteiger partial charge on any atom is 0.257 e. The quantitative estimate of drug-likeness (QED) is 0.858. The van der Waals surface area contributed by atoms with Gasteiger partial charge in [-0.15, -0.1) is 10.2 Å². The summed E-state index contributed by atoms with van der Waals surface area (Å²) in [6.45, 7) is 7.15. The van der Waals surface area contributed by atoms with Crippen LogP contribution in [0.3, 0.4) is 0 Å². The minimum absolute atomic E-state index is 0.162. The summed E-state index contributed by atoms with van der Waals surface area (Å²) in [4.78, 5) is 12.1. The minimum Gasteiger partial charge on any atom is -0.385 e. The fourth-order valence-corrected chi connectivity index (χ4v) is 2.80. The molecule has 0 bridgehead atoms. The Hall–Kier alpha value is -1.95. The van der Waals surface area contributed by atoms with Gasteiger partial charge in [0.2, 0.25) is 5.13 Å². The number of carbonyl (C=O) groups is 1. The normalized spacial score (nSPS) is 10.7. The predicted octanol–water partition coefficient (Wildman–Crippen LogP) is 3.42. The van der Waals surface area contributed by atoms with E-state index >= 15 is 0 Å². The Morgan fingerprint density at radius 3 is 2.57 bits per heavy atom. The number of amides is 1. The summed E-state index contributed by atoms with van der Waals surface area (Å²) in [7, 11) is 0. The van der Waals surface area contributed by atoms with E-state index in [4.69, 9.17) is 0 Å². The van der Waals surface area contributed by atoms with Gasteiger partial charge in [-0.3, -0.25) is 10.1 Å². The van der Waals surface area contributed by atoms with Crippen LogP contribution in [0.1, 0.15) is 36.1 Å². The Balaban J connectivity index is 1.98. The third-order valence-corrected chi connectivity index (χ3v) is 3.66. The molecule has 0 aliphatic carbocycles. The molecule has 0 unspecified atom stereocenters. The zero-order chi connectivity index (χ0) is 15.2. The van der Waals surface area contributed by atoms with Gasteiger partial charge in [-0.25, -0.2) is 0 Å². The van der Waals surface area contributed by atoms with E-state index < -0.39 is 0 Å². The van der Waals surface area contributed by atoms with Crippen molar-refractivity contribution in [2.75, 3.05) is 17.2 Å². The Kier molecular flexibility index (Phi) is 5.27. The van der Waals surface area contributed by atoms with Gasteiger partial charge in [0.1, 0.15) is 5.01 Å². The van der Waals surface area contributed by atoms with Crippen molar-refractivity contribution >= 4 is 28.1 Å². The lowest BCUT2D eigenvalue weighted by molar-refractivity contribution is 0.102. The van der Waals surface area contributed by atoms with Gasteiger partial charge in [-0.2, -0.15) is 0 Å². The van der Waals surface area contributed by atoms with Crippen LogP contribution in [-0.4, -0.2) is 22.6 Å². The van der Waals surface area contributed by atoms with Crippen LogP contribution in [0, 0.1) is 5.92 Å². The Morgan fingerprint density at radius 1 is 1.24 bits per heavy atom. The van der Waals surface area contributed by atoms with Crippen molar-refractivity contribution in [1.29, 1.82) is 0 Å². The summed E-state index contributed by atoms with van der Waals surface area (Å²) in [6, 6.07) is 7.37. The lowest BCUT2D eigenvalue weighted by Crippen LogP contribution is -2.11. The number of nitrogens with zero attached hydrogens (tertiary/aromatic N) is 2. The first-order valence-electron chi connectivity index (χ1n) is 7.06. The number of nitrogens with one attached hydrogen (secondary N) is 2. The number of hydrogen-bond acceptors (Lipinski definition) is 5. The summed E-state index contributed by atoms with van der Waals surface area (Å²) in [5, 5.41) is 15.6. The van der Waals surface area contributed by atoms with Gasteiger partial charge < -0.3 is 5.32 Å². The molecule has 2 aromatic rings. The molecule has 0 spiro atoms. The predicted molar refractivity (Wildman–Crippen MR) is 87.0 cm³/mol. The second kappa shape index (κ2) is 7.17. The second-order valence-electron chi connectivity index (χ2n) is 5.16. The molecule has 1 heterocycles. The van der Waals surface area contributed by atoms with Crippen molar-refractivity contribution < 1.29 is 4.79 Å². The van der Waals surface area contributed by atoms with Gasteiger partial charge in [0.15, 0.2) is 0 Å². The highest BCUT2D eigenvalue weighted by Crippen LogP contribution is 2.19. The first kappa shape index (κ1) is 15.4. The van der Waals surface area contributed by atoms with Gasteiger partial charge in [0, 0.05) is 24.2 Å². The summed E-state index contributed by atoms with van der Waals surface area (Å²) < 4.78 is 0.